The number of fused-ring (bicyclic) bond motifs is 2. The molecule has 9 heteroatoms. The number of imidazole rings is 1. The van der Waals surface area contributed by atoms with Crippen molar-refractivity contribution in [3.8, 4) is 0 Å². The Bertz CT molecular complexity index is 1260. The first-order valence-electron chi connectivity index (χ1n) is 10.3. The highest BCUT2D eigenvalue weighted by atomic mass is 16.6. The number of amides is 1. The van der Waals surface area contributed by atoms with Gasteiger partial charge in [-0.25, -0.2) is 19.6 Å². The zero-order chi connectivity index (χ0) is 23.2. The number of hydrogen-bond acceptors (Lipinski definition) is 6. The van der Waals surface area contributed by atoms with Gasteiger partial charge in [0.25, 0.3) is 5.91 Å². The van der Waals surface area contributed by atoms with Gasteiger partial charge >= 0.3 is 11.9 Å². The molecule has 9 nitrogen and oxygen atoms in total. The molecule has 1 aliphatic carbocycles. The Morgan fingerprint density at radius 2 is 2.00 bits per heavy atom. The molecule has 0 saturated heterocycles. The van der Waals surface area contributed by atoms with Crippen molar-refractivity contribution in [2.24, 2.45) is 0 Å². The number of hydrogen-bond donors (Lipinski definition) is 2. The van der Waals surface area contributed by atoms with Crippen LogP contribution in [0.5, 0.6) is 0 Å². The van der Waals surface area contributed by atoms with Crippen molar-refractivity contribution in [3.63, 3.8) is 0 Å². The number of aromatic carboxylic acids is 1. The third kappa shape index (κ3) is 3.93. The van der Waals surface area contributed by atoms with Crippen molar-refractivity contribution in [2.45, 2.75) is 52.2 Å². The Hall–Kier alpha value is -3.75. The molecule has 0 fully saturated rings. The Morgan fingerprint density at radius 3 is 2.69 bits per heavy atom. The van der Waals surface area contributed by atoms with E-state index in [0.717, 1.165) is 16.7 Å². The van der Waals surface area contributed by atoms with E-state index in [2.05, 4.69) is 15.3 Å². The van der Waals surface area contributed by atoms with Gasteiger partial charge < -0.3 is 15.2 Å². The number of nitrogens with one attached hydrogen (secondary N) is 1. The molecule has 0 unspecified atom stereocenters. The van der Waals surface area contributed by atoms with Crippen LogP contribution in [-0.2, 0) is 11.2 Å². The number of esters is 1. The summed E-state index contributed by atoms with van der Waals surface area (Å²) in [4.78, 5) is 45.2. The van der Waals surface area contributed by atoms with Crippen LogP contribution in [0.2, 0.25) is 0 Å². The van der Waals surface area contributed by atoms with Crippen LogP contribution in [0.15, 0.2) is 30.6 Å². The number of nitrogens with zero attached hydrogens (tertiary/aromatic N) is 3. The average Bonchev–Trinajstić information content (AvgIpc) is 3.33. The number of carboxylic acid groups (broad SMARTS) is 1. The van der Waals surface area contributed by atoms with Crippen LogP contribution in [0.25, 0.3) is 5.78 Å². The van der Waals surface area contributed by atoms with E-state index < -0.39 is 17.5 Å². The van der Waals surface area contributed by atoms with Gasteiger partial charge in [-0.2, -0.15) is 0 Å². The number of rotatable bonds is 4. The molecule has 0 spiro atoms. The van der Waals surface area contributed by atoms with E-state index in [1.807, 2.05) is 33.8 Å². The number of ether oxygens (including phenoxy) is 1. The lowest BCUT2D eigenvalue weighted by Gasteiger charge is -2.21. The summed E-state index contributed by atoms with van der Waals surface area (Å²) < 4.78 is 6.81. The van der Waals surface area contributed by atoms with Crippen LogP contribution in [0.3, 0.4) is 0 Å². The van der Waals surface area contributed by atoms with E-state index in [0.29, 0.717) is 18.4 Å². The lowest BCUT2D eigenvalue weighted by atomic mass is 9.97. The van der Waals surface area contributed by atoms with Crippen molar-refractivity contribution in [2.75, 3.05) is 0 Å². The highest BCUT2D eigenvalue weighted by Crippen LogP contribution is 2.35. The van der Waals surface area contributed by atoms with Crippen LogP contribution < -0.4 is 5.32 Å². The van der Waals surface area contributed by atoms with Crippen molar-refractivity contribution < 1.29 is 24.2 Å². The molecular formula is C23H24N4O5. The molecule has 0 aliphatic heterocycles. The molecule has 3 aromatic rings. The highest BCUT2D eigenvalue weighted by molar-refractivity contribution is 5.96. The molecule has 1 aliphatic rings. The summed E-state index contributed by atoms with van der Waals surface area (Å²) in [7, 11) is 0. The van der Waals surface area contributed by atoms with Crippen molar-refractivity contribution in [3.05, 3.63) is 64.2 Å². The number of benzene rings is 1. The summed E-state index contributed by atoms with van der Waals surface area (Å²) in [6.45, 7) is 7.35. The van der Waals surface area contributed by atoms with E-state index in [4.69, 9.17) is 4.74 Å². The second-order valence-corrected chi connectivity index (χ2v) is 8.80. The standard InChI is InChI=1S/C23H24N4O5/c1-12-13-7-8-16(15(13)6-5-14(12)21(31)32-23(2,3)4)25-19(28)17-11-18(20(29)30)27-10-9-24-22(27)26-17/h5-6,9-11,16H,7-8H2,1-4H3,(H,25,28)(H,29,30)/t16-/m0/s1. The van der Waals surface area contributed by atoms with Gasteiger partial charge in [0.2, 0.25) is 5.78 Å². The van der Waals surface area contributed by atoms with Crippen molar-refractivity contribution in [1.82, 2.24) is 19.7 Å². The molecule has 1 atom stereocenters. The Morgan fingerprint density at radius 1 is 1.25 bits per heavy atom. The molecular weight excluding hydrogens is 412 g/mol. The summed E-state index contributed by atoms with van der Waals surface area (Å²) in [5.74, 6) is -1.89. The highest BCUT2D eigenvalue weighted by Gasteiger charge is 2.29. The normalized spacial score (nSPS) is 15.4. The van der Waals surface area contributed by atoms with E-state index in [9.17, 15) is 19.5 Å². The number of aromatic nitrogens is 3. The van der Waals surface area contributed by atoms with Crippen LogP contribution >= 0.6 is 0 Å². The zero-order valence-corrected chi connectivity index (χ0v) is 18.3. The minimum atomic E-state index is -1.18. The molecule has 4 rings (SSSR count). The van der Waals surface area contributed by atoms with Gasteiger partial charge in [-0.3, -0.25) is 9.20 Å². The largest absolute Gasteiger partial charge is 0.477 e. The lowest BCUT2D eigenvalue weighted by Crippen LogP contribution is -2.29. The van der Waals surface area contributed by atoms with Crippen LogP contribution in [0.4, 0.5) is 0 Å². The molecule has 32 heavy (non-hydrogen) atoms. The molecule has 2 N–H and O–H groups in total. The molecule has 0 bridgehead atoms. The molecule has 2 heterocycles. The van der Waals surface area contributed by atoms with Gasteiger partial charge in [0.05, 0.1) is 11.6 Å². The first kappa shape index (κ1) is 21.5. The monoisotopic (exact) mass is 436 g/mol. The first-order chi connectivity index (χ1) is 15.0. The Kier molecular flexibility index (Phi) is 5.20. The number of carboxylic acids is 1. The smallest absolute Gasteiger partial charge is 0.353 e. The quantitative estimate of drug-likeness (QED) is 0.603. The summed E-state index contributed by atoms with van der Waals surface area (Å²) in [5.41, 5.74) is 2.61. The minimum Gasteiger partial charge on any atom is -0.477 e. The minimum absolute atomic E-state index is 0.0170. The van der Waals surface area contributed by atoms with E-state index >= 15 is 0 Å². The summed E-state index contributed by atoms with van der Waals surface area (Å²) in [6, 6.07) is 4.53. The SMILES string of the molecule is Cc1c(C(=O)OC(C)(C)C)ccc2c1CC[C@@H]2NC(=O)c1cc(C(=O)O)n2ccnc2n1. The number of carbonyl (C=O) groups excluding carboxylic acids is 2. The number of carbonyl (C=O) groups is 3. The maximum atomic E-state index is 12.9. The van der Waals surface area contributed by atoms with Gasteiger partial charge in [-0.15, -0.1) is 0 Å². The van der Waals surface area contributed by atoms with E-state index in [-0.39, 0.29) is 29.2 Å². The summed E-state index contributed by atoms with van der Waals surface area (Å²) >= 11 is 0. The van der Waals surface area contributed by atoms with Crippen LogP contribution in [-0.4, -0.2) is 42.9 Å². The summed E-state index contributed by atoms with van der Waals surface area (Å²) in [5, 5.41) is 12.4. The zero-order valence-electron chi connectivity index (χ0n) is 18.3. The fourth-order valence-electron chi connectivity index (χ4n) is 4.00. The van der Waals surface area contributed by atoms with Gasteiger partial charge in [0, 0.05) is 18.5 Å². The van der Waals surface area contributed by atoms with Gasteiger partial charge in [0.15, 0.2) is 0 Å². The van der Waals surface area contributed by atoms with Crippen molar-refractivity contribution >= 4 is 23.6 Å². The predicted molar refractivity (Wildman–Crippen MR) is 115 cm³/mol. The lowest BCUT2D eigenvalue weighted by molar-refractivity contribution is 0.00682. The third-order valence-corrected chi connectivity index (χ3v) is 5.44. The molecule has 1 amide bonds. The maximum absolute atomic E-state index is 12.9. The van der Waals surface area contributed by atoms with Crippen LogP contribution in [0.1, 0.15) is 81.3 Å². The molecule has 0 saturated carbocycles. The van der Waals surface area contributed by atoms with Gasteiger partial charge in [0.1, 0.15) is 17.0 Å². The van der Waals surface area contributed by atoms with Gasteiger partial charge in [-0.1, -0.05) is 6.07 Å². The predicted octanol–water partition coefficient (Wildman–Crippen LogP) is 3.11. The fraction of sp³-hybridized carbons (Fsp3) is 0.348. The van der Waals surface area contributed by atoms with Crippen LogP contribution in [0, 0.1) is 6.92 Å². The topological polar surface area (TPSA) is 123 Å². The Labute approximate surface area is 184 Å². The average molecular weight is 436 g/mol. The molecule has 2 aromatic heterocycles. The Balaban J connectivity index is 1.59. The van der Waals surface area contributed by atoms with E-state index in [1.165, 1.54) is 22.9 Å². The fourth-order valence-corrected chi connectivity index (χ4v) is 4.00. The van der Waals surface area contributed by atoms with Gasteiger partial charge in [-0.05, 0) is 63.3 Å². The molecule has 1 aromatic carbocycles. The second kappa shape index (κ2) is 7.74. The second-order valence-electron chi connectivity index (χ2n) is 8.80. The maximum Gasteiger partial charge on any atom is 0.353 e. The summed E-state index contributed by atoms with van der Waals surface area (Å²) in [6.07, 6.45) is 4.27. The van der Waals surface area contributed by atoms with Crippen molar-refractivity contribution in [1.29, 1.82) is 0 Å². The molecule has 166 valence electrons. The first-order valence-corrected chi connectivity index (χ1v) is 10.3. The third-order valence-electron chi connectivity index (χ3n) is 5.44. The van der Waals surface area contributed by atoms with E-state index in [1.54, 1.807) is 6.07 Å². The molecule has 0 radical (unpaired) electrons.